The molecule has 1 aromatic rings. The Kier molecular flexibility index (Phi) is 7.24. The van der Waals surface area contributed by atoms with Crippen LogP contribution < -0.4 is 5.32 Å². The second-order valence-corrected chi connectivity index (χ2v) is 6.48. The lowest BCUT2D eigenvalue weighted by Gasteiger charge is -2.44. The van der Waals surface area contributed by atoms with Crippen molar-refractivity contribution in [2.24, 2.45) is 0 Å². The molecule has 0 radical (unpaired) electrons. The summed E-state index contributed by atoms with van der Waals surface area (Å²) < 4.78 is 21.4. The highest BCUT2D eigenvalue weighted by atomic mass is 16.7. The minimum atomic E-state index is -1.16. The molecule has 13 heteroatoms. The van der Waals surface area contributed by atoms with E-state index < -0.39 is 63.8 Å². The van der Waals surface area contributed by atoms with Gasteiger partial charge in [-0.25, -0.2) is 0 Å². The fourth-order valence-electron chi connectivity index (χ4n) is 3.12. The molecule has 0 spiro atoms. The number of hydrogen-bond acceptors (Lipinski definition) is 11. The van der Waals surface area contributed by atoms with Gasteiger partial charge in [-0.2, -0.15) is 0 Å². The molecule has 5 atom stereocenters. The van der Waals surface area contributed by atoms with Gasteiger partial charge in [-0.3, -0.25) is 29.8 Å². The Morgan fingerprint density at radius 2 is 1.67 bits per heavy atom. The summed E-state index contributed by atoms with van der Waals surface area (Å²) >= 11 is 0. The maximum Gasteiger partial charge on any atom is 0.303 e. The van der Waals surface area contributed by atoms with Crippen molar-refractivity contribution in [3.05, 3.63) is 38.4 Å². The van der Waals surface area contributed by atoms with Gasteiger partial charge in [0.1, 0.15) is 5.69 Å². The van der Waals surface area contributed by atoms with Gasteiger partial charge >= 0.3 is 11.9 Å². The molecule has 0 bridgehead atoms. The van der Waals surface area contributed by atoms with Gasteiger partial charge in [-0.1, -0.05) is 0 Å². The molecular formula is C17H21N3O10. The van der Waals surface area contributed by atoms with Crippen molar-refractivity contribution >= 4 is 29.0 Å². The monoisotopic (exact) mass is 427 g/mol. The van der Waals surface area contributed by atoms with Crippen LogP contribution in [0.25, 0.3) is 0 Å². The van der Waals surface area contributed by atoms with Gasteiger partial charge in [0.15, 0.2) is 18.5 Å². The molecule has 1 N–H and O–H groups in total. The number of rotatable bonds is 7. The number of methoxy groups -OCH3 is 1. The average molecular weight is 427 g/mol. The SMILES string of the molecule is COC1OC(C)C(Nc2ccc([N+](=O)[O-])cc2[N+](=O)[O-])C(OC(C)=O)C1OC(C)=O. The summed E-state index contributed by atoms with van der Waals surface area (Å²) in [6.45, 7) is 3.90. The zero-order valence-corrected chi connectivity index (χ0v) is 16.6. The number of benzene rings is 1. The van der Waals surface area contributed by atoms with Gasteiger partial charge in [0.05, 0.1) is 28.1 Å². The van der Waals surface area contributed by atoms with Crippen LogP contribution in [0.15, 0.2) is 18.2 Å². The Balaban J connectivity index is 2.46. The normalized spacial score (nSPS) is 25.8. The van der Waals surface area contributed by atoms with Crippen molar-refractivity contribution in [1.29, 1.82) is 0 Å². The number of carbonyl (C=O) groups excluding carboxylic acids is 2. The van der Waals surface area contributed by atoms with Crippen LogP contribution in [0.3, 0.4) is 0 Å². The van der Waals surface area contributed by atoms with Crippen molar-refractivity contribution in [3.8, 4) is 0 Å². The first kappa shape index (κ1) is 23.0. The molecule has 30 heavy (non-hydrogen) atoms. The standard InChI is InChI=1S/C17H21N3O10/c1-8-14(18-12-6-5-11(19(23)24)7-13(12)20(25)26)15(29-9(2)21)16(30-10(3)22)17(27-4)28-8/h5-8,14-18H,1-4H3. The zero-order chi connectivity index (χ0) is 22.6. The number of non-ortho nitro benzene ring substituents is 1. The number of nitro benzene ring substituents is 2. The van der Waals surface area contributed by atoms with E-state index in [0.717, 1.165) is 32.0 Å². The van der Waals surface area contributed by atoms with Crippen LogP contribution in [-0.2, 0) is 28.5 Å². The number of carbonyl (C=O) groups is 2. The molecule has 0 saturated carbocycles. The van der Waals surface area contributed by atoms with E-state index in [2.05, 4.69) is 5.32 Å². The molecule has 1 fully saturated rings. The highest BCUT2D eigenvalue weighted by molar-refractivity contribution is 5.68. The van der Waals surface area contributed by atoms with Crippen LogP contribution in [0.2, 0.25) is 0 Å². The lowest BCUT2D eigenvalue weighted by atomic mass is 9.95. The fraction of sp³-hybridized carbons (Fsp3) is 0.529. The molecule has 1 aliphatic heterocycles. The molecule has 0 amide bonds. The second kappa shape index (κ2) is 9.45. The first-order valence-electron chi connectivity index (χ1n) is 8.77. The van der Waals surface area contributed by atoms with Crippen LogP contribution in [0.4, 0.5) is 17.1 Å². The summed E-state index contributed by atoms with van der Waals surface area (Å²) in [5.74, 6) is -1.37. The summed E-state index contributed by atoms with van der Waals surface area (Å²) in [5.41, 5.74) is -1.09. The maximum absolute atomic E-state index is 11.7. The van der Waals surface area contributed by atoms with Crippen LogP contribution in [0, 0.1) is 20.2 Å². The molecule has 164 valence electrons. The predicted molar refractivity (Wildman–Crippen MR) is 99.6 cm³/mol. The van der Waals surface area contributed by atoms with E-state index >= 15 is 0 Å². The summed E-state index contributed by atoms with van der Waals surface area (Å²) in [6.07, 6.45) is -4.07. The van der Waals surface area contributed by atoms with Crippen molar-refractivity contribution in [3.63, 3.8) is 0 Å². The molecule has 5 unspecified atom stereocenters. The topological polar surface area (TPSA) is 169 Å². The third-order valence-electron chi connectivity index (χ3n) is 4.35. The minimum absolute atomic E-state index is 0.0688. The van der Waals surface area contributed by atoms with Gasteiger partial charge in [-0.05, 0) is 13.0 Å². The van der Waals surface area contributed by atoms with Gasteiger partial charge in [-0.15, -0.1) is 0 Å². The van der Waals surface area contributed by atoms with Gasteiger partial charge in [0, 0.05) is 27.0 Å². The maximum atomic E-state index is 11.7. The predicted octanol–water partition coefficient (Wildman–Crippen LogP) is 1.54. The first-order chi connectivity index (χ1) is 14.0. The summed E-state index contributed by atoms with van der Waals surface area (Å²) in [7, 11) is 1.31. The third-order valence-corrected chi connectivity index (χ3v) is 4.35. The number of nitrogens with one attached hydrogen (secondary N) is 1. The van der Waals surface area contributed by atoms with E-state index in [1.807, 2.05) is 0 Å². The second-order valence-electron chi connectivity index (χ2n) is 6.48. The minimum Gasteiger partial charge on any atom is -0.456 e. The summed E-state index contributed by atoms with van der Waals surface area (Å²) in [5, 5.41) is 25.2. The highest BCUT2D eigenvalue weighted by Gasteiger charge is 2.49. The Bertz CT molecular complexity index is 845. The Morgan fingerprint density at radius 3 is 2.17 bits per heavy atom. The number of hydrogen-bond donors (Lipinski definition) is 1. The Morgan fingerprint density at radius 1 is 1.07 bits per heavy atom. The number of anilines is 1. The van der Waals surface area contributed by atoms with E-state index in [4.69, 9.17) is 18.9 Å². The van der Waals surface area contributed by atoms with Gasteiger partial charge in [0.25, 0.3) is 11.4 Å². The van der Waals surface area contributed by atoms with Gasteiger partial charge < -0.3 is 24.3 Å². The zero-order valence-electron chi connectivity index (χ0n) is 16.6. The summed E-state index contributed by atoms with van der Waals surface area (Å²) in [4.78, 5) is 44.1. The molecule has 13 nitrogen and oxygen atoms in total. The van der Waals surface area contributed by atoms with Crippen LogP contribution in [-0.4, -0.2) is 59.5 Å². The fourth-order valence-corrected chi connectivity index (χ4v) is 3.12. The van der Waals surface area contributed by atoms with E-state index in [1.54, 1.807) is 6.92 Å². The molecule has 2 rings (SSSR count). The number of ether oxygens (including phenoxy) is 4. The number of nitrogens with zero attached hydrogens (tertiary/aromatic N) is 2. The lowest BCUT2D eigenvalue weighted by molar-refractivity contribution is -0.393. The van der Waals surface area contributed by atoms with E-state index in [1.165, 1.54) is 7.11 Å². The quantitative estimate of drug-likeness (QED) is 0.380. The van der Waals surface area contributed by atoms with Gasteiger partial charge in [0.2, 0.25) is 0 Å². The van der Waals surface area contributed by atoms with Crippen LogP contribution >= 0.6 is 0 Å². The van der Waals surface area contributed by atoms with Crippen molar-refractivity contribution < 1.29 is 38.4 Å². The number of esters is 2. The Labute approximate surface area is 170 Å². The molecule has 0 aromatic heterocycles. The van der Waals surface area contributed by atoms with Crippen molar-refractivity contribution in [2.75, 3.05) is 12.4 Å². The lowest BCUT2D eigenvalue weighted by Crippen LogP contribution is -2.62. The van der Waals surface area contributed by atoms with Crippen molar-refractivity contribution in [2.45, 2.75) is 51.4 Å². The molecule has 0 aliphatic carbocycles. The van der Waals surface area contributed by atoms with E-state index in [9.17, 15) is 29.8 Å². The summed E-state index contributed by atoms with van der Waals surface area (Å²) in [6, 6.07) is 2.15. The van der Waals surface area contributed by atoms with Crippen molar-refractivity contribution in [1.82, 2.24) is 0 Å². The van der Waals surface area contributed by atoms with Crippen LogP contribution in [0.5, 0.6) is 0 Å². The molecular weight excluding hydrogens is 406 g/mol. The Hall–Kier alpha value is -3.32. The number of nitro groups is 2. The molecule has 1 aromatic carbocycles. The highest BCUT2D eigenvalue weighted by Crippen LogP contribution is 2.34. The molecule has 1 aliphatic rings. The largest absolute Gasteiger partial charge is 0.456 e. The molecule has 1 saturated heterocycles. The third kappa shape index (κ3) is 5.18. The smallest absolute Gasteiger partial charge is 0.303 e. The van der Waals surface area contributed by atoms with E-state index in [-0.39, 0.29) is 5.69 Å². The van der Waals surface area contributed by atoms with E-state index in [0.29, 0.717) is 0 Å². The average Bonchev–Trinajstić information content (AvgIpc) is 2.65. The van der Waals surface area contributed by atoms with Crippen LogP contribution in [0.1, 0.15) is 20.8 Å². The first-order valence-corrected chi connectivity index (χ1v) is 8.77. The molecule has 1 heterocycles.